The topological polar surface area (TPSA) is 59.4 Å². The van der Waals surface area contributed by atoms with E-state index in [1.165, 1.54) is 0 Å². The van der Waals surface area contributed by atoms with Gasteiger partial charge in [0, 0.05) is 11.6 Å². The third-order valence-corrected chi connectivity index (χ3v) is 2.95. The van der Waals surface area contributed by atoms with Crippen LogP contribution in [0.5, 0.6) is 0 Å². The molecule has 0 radical (unpaired) electrons. The summed E-state index contributed by atoms with van der Waals surface area (Å²) in [6, 6.07) is 1.76. The molecule has 1 N–H and O–H groups in total. The van der Waals surface area contributed by atoms with Gasteiger partial charge >= 0.3 is 6.18 Å². The molecule has 2 aromatic rings. The van der Waals surface area contributed by atoms with E-state index in [0.717, 1.165) is 23.2 Å². The van der Waals surface area contributed by atoms with Crippen LogP contribution < -0.4 is 0 Å². The van der Waals surface area contributed by atoms with E-state index in [2.05, 4.69) is 20.3 Å². The molecule has 0 spiro atoms. The van der Waals surface area contributed by atoms with Gasteiger partial charge in [-0.1, -0.05) is 0 Å². The highest BCUT2D eigenvalue weighted by Gasteiger charge is 2.31. The summed E-state index contributed by atoms with van der Waals surface area (Å²) in [5, 5.41) is 10.7. The SMILES string of the molecule is Cc1nc(-c2cc(C3CC3)[nH]n2)n(CC(F)(F)F)n1. The smallest absolute Gasteiger partial charge is 0.282 e. The Labute approximate surface area is 106 Å². The maximum Gasteiger partial charge on any atom is 0.408 e. The van der Waals surface area contributed by atoms with Gasteiger partial charge in [-0.2, -0.15) is 23.4 Å². The van der Waals surface area contributed by atoms with Crippen molar-refractivity contribution in [3.63, 3.8) is 0 Å². The molecular weight excluding hydrogens is 259 g/mol. The van der Waals surface area contributed by atoms with E-state index in [1.54, 1.807) is 13.0 Å². The first-order chi connectivity index (χ1) is 8.92. The molecule has 1 aliphatic rings. The molecule has 0 saturated heterocycles. The van der Waals surface area contributed by atoms with Crippen molar-refractivity contribution in [2.45, 2.75) is 38.4 Å². The highest BCUT2D eigenvalue weighted by Crippen LogP contribution is 2.39. The maximum absolute atomic E-state index is 12.5. The Bertz CT molecular complexity index is 594. The molecule has 0 unspecified atom stereocenters. The van der Waals surface area contributed by atoms with Gasteiger partial charge in [-0.3, -0.25) is 5.10 Å². The van der Waals surface area contributed by atoms with Gasteiger partial charge < -0.3 is 0 Å². The van der Waals surface area contributed by atoms with Crippen LogP contribution in [0, 0.1) is 6.92 Å². The molecule has 1 aliphatic carbocycles. The van der Waals surface area contributed by atoms with Gasteiger partial charge in [0.25, 0.3) is 0 Å². The molecular formula is C11H12F3N5. The van der Waals surface area contributed by atoms with E-state index >= 15 is 0 Å². The molecule has 1 saturated carbocycles. The minimum absolute atomic E-state index is 0.151. The minimum Gasteiger partial charge on any atom is -0.282 e. The van der Waals surface area contributed by atoms with Crippen LogP contribution >= 0.6 is 0 Å². The van der Waals surface area contributed by atoms with Gasteiger partial charge in [-0.05, 0) is 25.8 Å². The lowest BCUT2D eigenvalue weighted by Crippen LogP contribution is -2.19. The monoisotopic (exact) mass is 271 g/mol. The lowest BCUT2D eigenvalue weighted by molar-refractivity contribution is -0.142. The predicted octanol–water partition coefficient (Wildman–Crippen LogP) is 2.42. The van der Waals surface area contributed by atoms with Crippen molar-refractivity contribution in [3.05, 3.63) is 17.6 Å². The van der Waals surface area contributed by atoms with Crippen LogP contribution in [0.25, 0.3) is 11.5 Å². The van der Waals surface area contributed by atoms with Crippen LogP contribution in [0.1, 0.15) is 30.3 Å². The Morgan fingerprint density at radius 3 is 2.79 bits per heavy atom. The van der Waals surface area contributed by atoms with Crippen molar-refractivity contribution < 1.29 is 13.2 Å². The van der Waals surface area contributed by atoms with E-state index < -0.39 is 12.7 Å². The van der Waals surface area contributed by atoms with Gasteiger partial charge in [0.2, 0.25) is 0 Å². The number of H-pyrrole nitrogens is 1. The molecule has 0 atom stereocenters. The van der Waals surface area contributed by atoms with E-state index in [4.69, 9.17) is 0 Å². The molecule has 3 rings (SSSR count). The molecule has 2 heterocycles. The molecule has 2 aromatic heterocycles. The van der Waals surface area contributed by atoms with Gasteiger partial charge in [-0.15, -0.1) is 0 Å². The number of nitrogens with zero attached hydrogens (tertiary/aromatic N) is 4. The Morgan fingerprint density at radius 1 is 1.42 bits per heavy atom. The number of aromatic amines is 1. The summed E-state index contributed by atoms with van der Waals surface area (Å²) >= 11 is 0. The number of aromatic nitrogens is 5. The van der Waals surface area contributed by atoms with Gasteiger partial charge in [0.1, 0.15) is 18.1 Å². The third kappa shape index (κ3) is 2.61. The summed E-state index contributed by atoms with van der Waals surface area (Å²) in [4.78, 5) is 4.03. The van der Waals surface area contributed by atoms with Crippen molar-refractivity contribution in [1.29, 1.82) is 0 Å². The second kappa shape index (κ2) is 4.07. The van der Waals surface area contributed by atoms with Crippen LogP contribution in [0.4, 0.5) is 13.2 Å². The Balaban J connectivity index is 1.93. The van der Waals surface area contributed by atoms with Crippen LogP contribution in [0.3, 0.4) is 0 Å². The second-order valence-corrected chi connectivity index (χ2v) is 4.74. The summed E-state index contributed by atoms with van der Waals surface area (Å²) in [6.07, 6.45) is -2.14. The largest absolute Gasteiger partial charge is 0.408 e. The Hall–Kier alpha value is -1.86. The van der Waals surface area contributed by atoms with Crippen molar-refractivity contribution >= 4 is 0 Å². The lowest BCUT2D eigenvalue weighted by Gasteiger charge is -2.07. The first-order valence-electron chi connectivity index (χ1n) is 5.96. The van der Waals surface area contributed by atoms with Crippen molar-refractivity contribution in [3.8, 4) is 11.5 Å². The van der Waals surface area contributed by atoms with Crippen LogP contribution in [-0.4, -0.2) is 31.1 Å². The summed E-state index contributed by atoms with van der Waals surface area (Å²) < 4.78 is 38.3. The third-order valence-electron chi connectivity index (χ3n) is 2.95. The summed E-state index contributed by atoms with van der Waals surface area (Å²) in [5.74, 6) is 0.912. The molecule has 0 amide bonds. The average Bonchev–Trinajstić information content (AvgIpc) is 2.91. The van der Waals surface area contributed by atoms with E-state index in [0.29, 0.717) is 17.4 Å². The maximum atomic E-state index is 12.5. The van der Waals surface area contributed by atoms with Crippen molar-refractivity contribution in [1.82, 2.24) is 25.0 Å². The van der Waals surface area contributed by atoms with Crippen LogP contribution in [0.15, 0.2) is 6.07 Å². The molecule has 8 heteroatoms. The van der Waals surface area contributed by atoms with E-state index in [-0.39, 0.29) is 5.82 Å². The minimum atomic E-state index is -4.33. The molecule has 1 fully saturated rings. The zero-order valence-electron chi connectivity index (χ0n) is 10.2. The fraction of sp³-hybridized carbons (Fsp3) is 0.545. The highest BCUT2D eigenvalue weighted by molar-refractivity contribution is 5.50. The molecule has 0 aliphatic heterocycles. The molecule has 0 aromatic carbocycles. The predicted molar refractivity (Wildman–Crippen MR) is 60.4 cm³/mol. The zero-order chi connectivity index (χ0) is 13.6. The van der Waals surface area contributed by atoms with Crippen molar-refractivity contribution in [2.75, 3.05) is 0 Å². The quantitative estimate of drug-likeness (QED) is 0.932. The van der Waals surface area contributed by atoms with Crippen molar-refractivity contribution in [2.24, 2.45) is 0 Å². The number of alkyl halides is 3. The zero-order valence-corrected chi connectivity index (χ0v) is 10.2. The molecule has 0 bridgehead atoms. The fourth-order valence-electron chi connectivity index (χ4n) is 1.98. The van der Waals surface area contributed by atoms with Gasteiger partial charge in [0.15, 0.2) is 5.82 Å². The molecule has 5 nitrogen and oxygen atoms in total. The number of halogens is 3. The van der Waals surface area contributed by atoms with Crippen LogP contribution in [0.2, 0.25) is 0 Å². The van der Waals surface area contributed by atoms with Gasteiger partial charge in [0.05, 0.1) is 0 Å². The number of hydrogen-bond acceptors (Lipinski definition) is 3. The fourth-order valence-corrected chi connectivity index (χ4v) is 1.98. The number of aryl methyl sites for hydroxylation is 1. The van der Waals surface area contributed by atoms with E-state index in [9.17, 15) is 13.2 Å². The van der Waals surface area contributed by atoms with E-state index in [1.807, 2.05) is 0 Å². The van der Waals surface area contributed by atoms with Gasteiger partial charge in [-0.25, -0.2) is 9.67 Å². The number of hydrogen-bond donors (Lipinski definition) is 1. The first-order valence-corrected chi connectivity index (χ1v) is 5.96. The molecule has 102 valence electrons. The first kappa shape index (κ1) is 12.2. The second-order valence-electron chi connectivity index (χ2n) is 4.74. The molecule has 19 heavy (non-hydrogen) atoms. The Kier molecular flexibility index (Phi) is 2.61. The van der Waals surface area contributed by atoms with Crippen LogP contribution in [-0.2, 0) is 6.54 Å². The normalized spacial score (nSPS) is 16.0. The summed E-state index contributed by atoms with van der Waals surface area (Å²) in [7, 11) is 0. The number of rotatable bonds is 3. The number of nitrogens with one attached hydrogen (secondary N) is 1. The average molecular weight is 271 g/mol. The summed E-state index contributed by atoms with van der Waals surface area (Å²) in [5.41, 5.74) is 1.36. The highest BCUT2D eigenvalue weighted by atomic mass is 19.4. The Morgan fingerprint density at radius 2 is 2.16 bits per heavy atom. The summed E-state index contributed by atoms with van der Waals surface area (Å²) in [6.45, 7) is 0.402. The standard InChI is InChI=1S/C11H12F3N5/c1-6-15-10(19(18-6)5-11(12,13)14)9-4-8(16-17-9)7-2-3-7/h4,7H,2-3,5H2,1H3,(H,16,17). The lowest BCUT2D eigenvalue weighted by atomic mass is 10.2.